The third-order valence-electron chi connectivity index (χ3n) is 4.11. The van der Waals surface area contributed by atoms with Gasteiger partial charge in [0.05, 0.1) is 5.69 Å². The molecule has 0 saturated carbocycles. The van der Waals surface area contributed by atoms with Gasteiger partial charge in [0.25, 0.3) is 0 Å². The van der Waals surface area contributed by atoms with E-state index in [1.54, 1.807) is 18.5 Å². The Bertz CT molecular complexity index is 910. The molecule has 26 heavy (non-hydrogen) atoms. The van der Waals surface area contributed by atoms with Crippen LogP contribution in [-0.4, -0.2) is 55.0 Å². The van der Waals surface area contributed by atoms with Crippen LogP contribution < -0.4 is 0 Å². The lowest BCUT2D eigenvalue weighted by molar-refractivity contribution is 0.149. The number of pyridine rings is 1. The smallest absolute Gasteiger partial charge is 0.177 e. The van der Waals surface area contributed by atoms with Gasteiger partial charge in [0.15, 0.2) is 5.82 Å². The lowest BCUT2D eigenvalue weighted by atomic mass is 10.2. The van der Waals surface area contributed by atoms with E-state index in [4.69, 9.17) is 11.6 Å². The van der Waals surface area contributed by atoms with Crippen LogP contribution in [0.3, 0.4) is 0 Å². The maximum Gasteiger partial charge on any atom is 0.177 e. The standard InChI is InChI=1S/C17H17ClN8/c1-24-12-20-25(17(24)13-5-8-19-9-6-13)10-7-16-21-23-26(22-16)15-4-2-3-14(18)11-15/h2-6,8-9,11-12,17H,7,10H2,1H3. The van der Waals surface area contributed by atoms with Crippen molar-refractivity contribution in [1.29, 1.82) is 0 Å². The number of hydrogen-bond donors (Lipinski definition) is 0. The quantitative estimate of drug-likeness (QED) is 0.686. The lowest BCUT2D eigenvalue weighted by Crippen LogP contribution is -2.30. The van der Waals surface area contributed by atoms with E-state index < -0.39 is 0 Å². The Morgan fingerprint density at radius 1 is 1.15 bits per heavy atom. The van der Waals surface area contributed by atoms with Gasteiger partial charge in [0.1, 0.15) is 12.5 Å². The van der Waals surface area contributed by atoms with Gasteiger partial charge >= 0.3 is 0 Å². The number of aromatic nitrogens is 5. The van der Waals surface area contributed by atoms with E-state index in [1.165, 1.54) is 4.80 Å². The molecule has 9 heteroatoms. The highest BCUT2D eigenvalue weighted by Gasteiger charge is 2.26. The first-order valence-electron chi connectivity index (χ1n) is 8.18. The summed E-state index contributed by atoms with van der Waals surface area (Å²) in [4.78, 5) is 7.63. The Morgan fingerprint density at radius 2 is 2.00 bits per heavy atom. The Kier molecular flexibility index (Phi) is 4.49. The van der Waals surface area contributed by atoms with Crippen LogP contribution >= 0.6 is 11.6 Å². The summed E-state index contributed by atoms with van der Waals surface area (Å²) in [6, 6.07) is 11.3. The molecule has 0 fully saturated rings. The number of hydrogen-bond acceptors (Lipinski definition) is 7. The molecule has 4 rings (SSSR count). The molecule has 8 nitrogen and oxygen atoms in total. The maximum atomic E-state index is 6.02. The molecular formula is C17H17ClN8. The fourth-order valence-electron chi connectivity index (χ4n) is 2.87. The van der Waals surface area contributed by atoms with Gasteiger partial charge in [-0.05, 0) is 41.1 Å². The van der Waals surface area contributed by atoms with Crippen LogP contribution in [0.1, 0.15) is 17.6 Å². The average molecular weight is 369 g/mol. The Labute approximate surface area is 155 Å². The average Bonchev–Trinajstić information content (AvgIpc) is 3.27. The molecule has 3 heterocycles. The summed E-state index contributed by atoms with van der Waals surface area (Å²) in [5.41, 5.74) is 1.92. The van der Waals surface area contributed by atoms with Gasteiger partial charge in [-0.1, -0.05) is 17.7 Å². The van der Waals surface area contributed by atoms with Crippen LogP contribution in [-0.2, 0) is 6.42 Å². The van der Waals surface area contributed by atoms with Crippen molar-refractivity contribution in [3.05, 3.63) is 65.2 Å². The molecule has 2 aromatic heterocycles. The van der Waals surface area contributed by atoms with Gasteiger partial charge < -0.3 is 4.90 Å². The van der Waals surface area contributed by atoms with E-state index in [9.17, 15) is 0 Å². The van der Waals surface area contributed by atoms with E-state index >= 15 is 0 Å². The third kappa shape index (κ3) is 3.36. The van der Waals surface area contributed by atoms with Crippen molar-refractivity contribution in [3.63, 3.8) is 0 Å². The lowest BCUT2D eigenvalue weighted by Gasteiger charge is -2.28. The van der Waals surface area contributed by atoms with Crippen molar-refractivity contribution in [2.45, 2.75) is 12.6 Å². The number of benzene rings is 1. The van der Waals surface area contributed by atoms with Crippen LogP contribution in [0.15, 0.2) is 53.9 Å². The molecule has 0 aliphatic carbocycles. The highest BCUT2D eigenvalue weighted by molar-refractivity contribution is 6.30. The van der Waals surface area contributed by atoms with Crippen molar-refractivity contribution >= 4 is 17.9 Å². The minimum Gasteiger partial charge on any atom is -0.339 e. The van der Waals surface area contributed by atoms with Gasteiger partial charge in [-0.2, -0.15) is 5.10 Å². The Morgan fingerprint density at radius 3 is 2.81 bits per heavy atom. The second-order valence-electron chi connectivity index (χ2n) is 5.94. The SMILES string of the molecule is CN1C=NN(CCc2nnn(-c3cccc(Cl)c3)n2)C1c1ccncc1. The van der Waals surface area contributed by atoms with E-state index in [2.05, 4.69) is 30.4 Å². The summed E-state index contributed by atoms with van der Waals surface area (Å²) in [5.74, 6) is 0.656. The zero-order chi connectivity index (χ0) is 17.9. The Balaban J connectivity index is 1.45. The summed E-state index contributed by atoms with van der Waals surface area (Å²) in [6.07, 6.45) is 6.07. The number of nitrogens with zero attached hydrogens (tertiary/aromatic N) is 8. The van der Waals surface area contributed by atoms with Crippen LogP contribution in [0.25, 0.3) is 5.69 Å². The minimum absolute atomic E-state index is 0.0426. The number of halogens is 1. The zero-order valence-corrected chi connectivity index (χ0v) is 14.9. The molecule has 3 aromatic rings. The van der Waals surface area contributed by atoms with Gasteiger partial charge in [0, 0.05) is 37.4 Å². The first kappa shape index (κ1) is 16.5. The van der Waals surface area contributed by atoms with Crippen molar-refractivity contribution in [2.24, 2.45) is 5.10 Å². The largest absolute Gasteiger partial charge is 0.339 e. The normalized spacial score (nSPS) is 16.5. The van der Waals surface area contributed by atoms with E-state index in [-0.39, 0.29) is 6.17 Å². The second kappa shape index (κ2) is 7.09. The van der Waals surface area contributed by atoms with Crippen molar-refractivity contribution in [1.82, 2.24) is 35.1 Å². The summed E-state index contributed by atoms with van der Waals surface area (Å²) < 4.78 is 0. The zero-order valence-electron chi connectivity index (χ0n) is 14.1. The Hall–Kier alpha value is -3.00. The topological polar surface area (TPSA) is 75.3 Å². The molecule has 0 N–H and O–H groups in total. The van der Waals surface area contributed by atoms with E-state index in [0.29, 0.717) is 23.8 Å². The fraction of sp³-hybridized carbons (Fsp3) is 0.235. The number of hydrazone groups is 1. The summed E-state index contributed by atoms with van der Waals surface area (Å²) in [6.45, 7) is 0.676. The number of rotatable bonds is 5. The maximum absolute atomic E-state index is 6.02. The number of tetrazole rings is 1. The van der Waals surface area contributed by atoms with Gasteiger partial charge in [-0.15, -0.1) is 15.0 Å². The highest BCUT2D eigenvalue weighted by Crippen LogP contribution is 2.26. The fourth-order valence-corrected chi connectivity index (χ4v) is 3.06. The molecule has 1 atom stereocenters. The molecule has 0 bridgehead atoms. The monoisotopic (exact) mass is 368 g/mol. The summed E-state index contributed by atoms with van der Waals surface area (Å²) in [7, 11) is 2.00. The first-order valence-corrected chi connectivity index (χ1v) is 8.56. The van der Waals surface area contributed by atoms with Crippen LogP contribution in [0.5, 0.6) is 0 Å². The molecule has 1 aliphatic heterocycles. The van der Waals surface area contributed by atoms with Crippen molar-refractivity contribution < 1.29 is 0 Å². The summed E-state index contributed by atoms with van der Waals surface area (Å²) >= 11 is 6.02. The molecule has 0 saturated heterocycles. The molecule has 0 amide bonds. The molecular weight excluding hydrogens is 352 g/mol. The third-order valence-corrected chi connectivity index (χ3v) is 4.35. The molecule has 0 spiro atoms. The molecule has 0 radical (unpaired) electrons. The molecule has 1 unspecified atom stereocenters. The van der Waals surface area contributed by atoms with Crippen molar-refractivity contribution in [2.75, 3.05) is 13.6 Å². The molecule has 1 aliphatic rings. The van der Waals surface area contributed by atoms with Crippen molar-refractivity contribution in [3.8, 4) is 5.69 Å². The predicted octanol–water partition coefficient (Wildman–Crippen LogP) is 2.14. The van der Waals surface area contributed by atoms with Gasteiger partial charge in [-0.25, -0.2) is 0 Å². The predicted molar refractivity (Wildman–Crippen MR) is 97.8 cm³/mol. The highest BCUT2D eigenvalue weighted by atomic mass is 35.5. The van der Waals surface area contributed by atoms with Crippen LogP contribution in [0, 0.1) is 0 Å². The molecule has 1 aromatic carbocycles. The summed E-state index contributed by atoms with van der Waals surface area (Å²) in [5, 5.41) is 19.8. The van der Waals surface area contributed by atoms with Crippen LogP contribution in [0.4, 0.5) is 0 Å². The minimum atomic E-state index is 0.0426. The second-order valence-corrected chi connectivity index (χ2v) is 6.38. The van der Waals surface area contributed by atoms with Gasteiger partial charge in [0.2, 0.25) is 0 Å². The molecule has 132 valence electrons. The van der Waals surface area contributed by atoms with Crippen LogP contribution in [0.2, 0.25) is 5.02 Å². The van der Waals surface area contributed by atoms with E-state index in [1.807, 2.05) is 48.7 Å². The van der Waals surface area contributed by atoms with Gasteiger partial charge in [-0.3, -0.25) is 9.99 Å². The first-order chi connectivity index (χ1) is 12.7. The van der Waals surface area contributed by atoms with E-state index in [0.717, 1.165) is 11.3 Å².